The van der Waals surface area contributed by atoms with Gasteiger partial charge in [-0.2, -0.15) is 0 Å². The second-order valence-corrected chi connectivity index (χ2v) is 4.18. The van der Waals surface area contributed by atoms with Crippen molar-refractivity contribution >= 4 is 17.6 Å². The van der Waals surface area contributed by atoms with E-state index < -0.39 is 5.97 Å². The number of hydrogen-bond acceptors (Lipinski definition) is 3. The van der Waals surface area contributed by atoms with Gasteiger partial charge in [-0.1, -0.05) is 31.9 Å². The molecule has 0 saturated heterocycles. The van der Waals surface area contributed by atoms with Gasteiger partial charge in [-0.3, -0.25) is 0 Å². The third kappa shape index (κ3) is 3.42. The Kier molecular flexibility index (Phi) is 4.62. The van der Waals surface area contributed by atoms with Crippen LogP contribution in [-0.2, 0) is 4.74 Å². The van der Waals surface area contributed by atoms with Gasteiger partial charge in [0.15, 0.2) is 0 Å². The van der Waals surface area contributed by atoms with E-state index >= 15 is 0 Å². The van der Waals surface area contributed by atoms with Crippen LogP contribution in [0.5, 0.6) is 5.75 Å². The number of carbonyl (C=O) groups is 1. The predicted molar refractivity (Wildman–Crippen MR) is 62.9 cm³/mol. The first-order chi connectivity index (χ1) is 7.54. The Morgan fingerprint density at radius 1 is 1.56 bits per heavy atom. The molecule has 1 aromatic carbocycles. The molecule has 1 N–H and O–H groups in total. The molecule has 0 unspecified atom stereocenters. The van der Waals surface area contributed by atoms with Gasteiger partial charge in [0.1, 0.15) is 5.75 Å². The zero-order valence-electron chi connectivity index (χ0n) is 9.37. The highest BCUT2D eigenvalue weighted by atomic mass is 35.5. The van der Waals surface area contributed by atoms with Crippen molar-refractivity contribution in [2.75, 3.05) is 6.61 Å². The molecule has 0 saturated carbocycles. The second-order valence-electron chi connectivity index (χ2n) is 3.78. The lowest BCUT2D eigenvalue weighted by Crippen LogP contribution is -2.11. The minimum Gasteiger partial charge on any atom is -0.508 e. The minimum atomic E-state index is -0.453. The summed E-state index contributed by atoms with van der Waals surface area (Å²) in [6.07, 6.45) is 0.955. The molecule has 0 radical (unpaired) electrons. The normalized spacial score (nSPS) is 12.2. The summed E-state index contributed by atoms with van der Waals surface area (Å²) in [7, 11) is 0. The van der Waals surface area contributed by atoms with Crippen LogP contribution in [-0.4, -0.2) is 17.7 Å². The summed E-state index contributed by atoms with van der Waals surface area (Å²) in [6.45, 7) is 4.42. The number of halogens is 1. The number of benzene rings is 1. The fourth-order valence-corrected chi connectivity index (χ4v) is 1.34. The number of hydrogen-bond donors (Lipinski definition) is 1. The van der Waals surface area contributed by atoms with E-state index in [-0.39, 0.29) is 16.3 Å². The summed E-state index contributed by atoms with van der Waals surface area (Å²) in [5.41, 5.74) is 0.280. The first-order valence-corrected chi connectivity index (χ1v) is 5.58. The largest absolute Gasteiger partial charge is 0.508 e. The van der Waals surface area contributed by atoms with E-state index in [1.165, 1.54) is 18.2 Å². The Morgan fingerprint density at radius 3 is 2.81 bits per heavy atom. The zero-order chi connectivity index (χ0) is 12.1. The minimum absolute atomic E-state index is 0.0310. The van der Waals surface area contributed by atoms with Crippen molar-refractivity contribution in [1.29, 1.82) is 0 Å². The molecule has 1 rings (SSSR count). The van der Waals surface area contributed by atoms with Crippen molar-refractivity contribution in [3.8, 4) is 5.75 Å². The summed E-state index contributed by atoms with van der Waals surface area (Å²) in [6, 6.07) is 4.18. The van der Waals surface area contributed by atoms with Crippen molar-refractivity contribution in [1.82, 2.24) is 0 Å². The smallest absolute Gasteiger partial charge is 0.339 e. The van der Waals surface area contributed by atoms with Gasteiger partial charge in [0.25, 0.3) is 0 Å². The zero-order valence-corrected chi connectivity index (χ0v) is 10.1. The van der Waals surface area contributed by atoms with E-state index in [2.05, 4.69) is 0 Å². The van der Waals surface area contributed by atoms with E-state index in [0.717, 1.165) is 6.42 Å². The molecule has 0 aromatic heterocycles. The van der Waals surface area contributed by atoms with Gasteiger partial charge in [-0.15, -0.1) is 0 Å². The third-order valence-corrected chi connectivity index (χ3v) is 2.68. The Morgan fingerprint density at radius 2 is 2.25 bits per heavy atom. The van der Waals surface area contributed by atoms with Crippen molar-refractivity contribution < 1.29 is 14.6 Å². The molecule has 4 heteroatoms. The predicted octanol–water partition coefficient (Wildman–Crippen LogP) is 3.25. The average Bonchev–Trinajstić information content (AvgIpc) is 2.25. The van der Waals surface area contributed by atoms with E-state index in [9.17, 15) is 4.79 Å². The maximum Gasteiger partial charge on any atom is 0.339 e. The van der Waals surface area contributed by atoms with E-state index in [0.29, 0.717) is 12.5 Å². The summed E-state index contributed by atoms with van der Waals surface area (Å²) in [5, 5.41) is 9.34. The average molecular weight is 243 g/mol. The van der Waals surface area contributed by atoms with Gasteiger partial charge in [0, 0.05) is 0 Å². The lowest BCUT2D eigenvalue weighted by Gasteiger charge is -2.10. The highest BCUT2D eigenvalue weighted by Crippen LogP contribution is 2.22. The maximum atomic E-state index is 11.6. The summed E-state index contributed by atoms with van der Waals surface area (Å²) >= 11 is 5.81. The Labute approximate surface area is 100.0 Å². The molecule has 1 aromatic rings. The van der Waals surface area contributed by atoms with Crippen molar-refractivity contribution in [3.05, 3.63) is 28.8 Å². The number of rotatable bonds is 4. The van der Waals surface area contributed by atoms with Crippen LogP contribution < -0.4 is 0 Å². The monoisotopic (exact) mass is 242 g/mol. The summed E-state index contributed by atoms with van der Waals surface area (Å²) in [4.78, 5) is 11.6. The van der Waals surface area contributed by atoms with E-state index in [4.69, 9.17) is 21.4 Å². The molecule has 0 fully saturated rings. The van der Waals surface area contributed by atoms with Gasteiger partial charge in [-0.05, 0) is 24.1 Å². The third-order valence-electron chi connectivity index (χ3n) is 2.37. The van der Waals surface area contributed by atoms with Crippen molar-refractivity contribution in [2.24, 2.45) is 5.92 Å². The number of aromatic hydroxyl groups is 1. The molecule has 1 atom stereocenters. The lowest BCUT2D eigenvalue weighted by molar-refractivity contribution is 0.0447. The summed E-state index contributed by atoms with van der Waals surface area (Å²) < 4.78 is 5.10. The summed E-state index contributed by atoms with van der Waals surface area (Å²) in [5.74, 6) is -0.0892. The van der Waals surface area contributed by atoms with E-state index in [1.807, 2.05) is 13.8 Å². The van der Waals surface area contributed by atoms with E-state index in [1.54, 1.807) is 0 Å². The van der Waals surface area contributed by atoms with Gasteiger partial charge in [0.05, 0.1) is 17.2 Å². The van der Waals surface area contributed by atoms with Crippen molar-refractivity contribution in [3.63, 3.8) is 0 Å². The number of carbonyl (C=O) groups excluding carboxylic acids is 1. The molecule has 0 aliphatic rings. The number of ether oxygens (including phenoxy) is 1. The van der Waals surface area contributed by atoms with Crippen LogP contribution in [0, 0.1) is 5.92 Å². The molecule has 88 valence electrons. The van der Waals surface area contributed by atoms with Crippen LogP contribution in [0.25, 0.3) is 0 Å². The highest BCUT2D eigenvalue weighted by molar-refractivity contribution is 6.33. The SMILES string of the molecule is CC[C@H](C)COC(=O)c1ccc(O)cc1Cl. The fraction of sp³-hybridized carbons (Fsp3) is 0.417. The van der Waals surface area contributed by atoms with Gasteiger partial charge in [-0.25, -0.2) is 4.79 Å². The number of esters is 1. The second kappa shape index (κ2) is 5.75. The first kappa shape index (κ1) is 12.8. The molecule has 3 nitrogen and oxygen atoms in total. The maximum absolute atomic E-state index is 11.6. The Hall–Kier alpha value is -1.22. The van der Waals surface area contributed by atoms with Crippen LogP contribution >= 0.6 is 11.6 Å². The Balaban J connectivity index is 2.66. The number of phenols is 1. The molecule has 0 aliphatic heterocycles. The van der Waals surface area contributed by atoms with Crippen LogP contribution in [0.1, 0.15) is 30.6 Å². The lowest BCUT2D eigenvalue weighted by atomic mass is 10.1. The van der Waals surface area contributed by atoms with Gasteiger partial charge >= 0.3 is 5.97 Å². The van der Waals surface area contributed by atoms with Crippen LogP contribution in [0.4, 0.5) is 0 Å². The first-order valence-electron chi connectivity index (χ1n) is 5.20. The topological polar surface area (TPSA) is 46.5 Å². The number of phenolic OH excluding ortho intramolecular Hbond substituents is 1. The molecule has 0 amide bonds. The van der Waals surface area contributed by atoms with Crippen LogP contribution in [0.3, 0.4) is 0 Å². The highest BCUT2D eigenvalue weighted by Gasteiger charge is 2.13. The van der Waals surface area contributed by atoms with Gasteiger partial charge < -0.3 is 9.84 Å². The molecule has 0 bridgehead atoms. The fourth-order valence-electron chi connectivity index (χ4n) is 1.08. The molecule has 0 aliphatic carbocycles. The van der Waals surface area contributed by atoms with Crippen LogP contribution in [0.2, 0.25) is 5.02 Å². The van der Waals surface area contributed by atoms with Gasteiger partial charge in [0.2, 0.25) is 0 Å². The van der Waals surface area contributed by atoms with Crippen molar-refractivity contribution in [2.45, 2.75) is 20.3 Å². The molecule has 0 heterocycles. The molecule has 16 heavy (non-hydrogen) atoms. The Bertz CT molecular complexity index is 377. The van der Waals surface area contributed by atoms with Crippen LogP contribution in [0.15, 0.2) is 18.2 Å². The molecular formula is C12H15ClO3. The molecular weight excluding hydrogens is 228 g/mol. The quantitative estimate of drug-likeness (QED) is 0.825. The standard InChI is InChI=1S/C12H15ClO3/c1-3-8(2)7-16-12(15)10-5-4-9(14)6-11(10)13/h4-6,8,14H,3,7H2,1-2H3/t8-/m0/s1. The molecule has 0 spiro atoms.